The minimum Gasteiger partial charge on any atom is -0.368 e. The summed E-state index contributed by atoms with van der Waals surface area (Å²) in [5.41, 5.74) is 1.10. The number of rotatable bonds is 2. The molecule has 1 N–H and O–H groups in total. The van der Waals surface area contributed by atoms with Crippen LogP contribution >= 0.6 is 0 Å². The Labute approximate surface area is 111 Å². The maximum Gasteiger partial charge on any atom is 0.264 e. The molecule has 0 amide bonds. The van der Waals surface area contributed by atoms with Gasteiger partial charge in [0.05, 0.1) is 0 Å². The summed E-state index contributed by atoms with van der Waals surface area (Å²) >= 11 is 0. The highest BCUT2D eigenvalue weighted by Gasteiger charge is 2.18. The minimum absolute atomic E-state index is 0.160. The molecule has 19 heavy (non-hydrogen) atoms. The number of hydrogen-bond donors (Lipinski definition) is 1. The van der Waals surface area contributed by atoms with Crippen molar-refractivity contribution in [3.63, 3.8) is 0 Å². The molecule has 1 aliphatic rings. The van der Waals surface area contributed by atoms with E-state index in [0.29, 0.717) is 0 Å². The summed E-state index contributed by atoms with van der Waals surface area (Å²) in [4.78, 5) is 15.5. The van der Waals surface area contributed by atoms with Crippen LogP contribution < -0.4 is 15.4 Å². The van der Waals surface area contributed by atoms with Gasteiger partial charge in [0.25, 0.3) is 5.56 Å². The smallest absolute Gasteiger partial charge is 0.264 e. The Morgan fingerprint density at radius 3 is 2.21 bits per heavy atom. The van der Waals surface area contributed by atoms with Crippen molar-refractivity contribution < 1.29 is 0 Å². The largest absolute Gasteiger partial charge is 0.368 e. The Morgan fingerprint density at radius 2 is 1.58 bits per heavy atom. The van der Waals surface area contributed by atoms with Gasteiger partial charge in [0.2, 0.25) is 0 Å². The first-order valence-corrected chi connectivity index (χ1v) is 6.43. The molecule has 0 radical (unpaired) electrons. The lowest BCUT2D eigenvalue weighted by Crippen LogP contribution is -2.47. The quantitative estimate of drug-likeness (QED) is 0.874. The van der Waals surface area contributed by atoms with Crippen LogP contribution in [0.25, 0.3) is 0 Å². The lowest BCUT2D eigenvalue weighted by atomic mass is 10.2. The number of aromatic amines is 1. The molecule has 3 rings (SSSR count). The van der Waals surface area contributed by atoms with E-state index in [1.807, 2.05) is 6.07 Å². The van der Waals surface area contributed by atoms with Crippen LogP contribution in [0, 0.1) is 0 Å². The molecule has 1 aromatic carbocycles. The third kappa shape index (κ3) is 2.59. The van der Waals surface area contributed by atoms with Crippen molar-refractivity contribution in [3.05, 3.63) is 52.8 Å². The van der Waals surface area contributed by atoms with Crippen LogP contribution in [0.15, 0.2) is 47.3 Å². The fraction of sp³-hybridized carbons (Fsp3) is 0.286. The first kappa shape index (κ1) is 11.8. The number of benzene rings is 1. The maximum atomic E-state index is 11.0. The molecular weight excluding hydrogens is 240 g/mol. The van der Waals surface area contributed by atoms with Crippen LogP contribution in [0.1, 0.15) is 0 Å². The van der Waals surface area contributed by atoms with E-state index in [1.54, 1.807) is 6.07 Å². The van der Waals surface area contributed by atoms with E-state index in [4.69, 9.17) is 0 Å². The zero-order valence-corrected chi connectivity index (χ0v) is 10.6. The van der Waals surface area contributed by atoms with Crippen molar-refractivity contribution in [2.24, 2.45) is 0 Å². The monoisotopic (exact) mass is 256 g/mol. The number of anilines is 2. The van der Waals surface area contributed by atoms with E-state index < -0.39 is 0 Å². The molecule has 0 atom stereocenters. The molecular formula is C14H16N4O. The molecule has 1 saturated heterocycles. The molecule has 0 aliphatic carbocycles. The van der Waals surface area contributed by atoms with Gasteiger partial charge in [-0.05, 0) is 18.2 Å². The second-order valence-electron chi connectivity index (χ2n) is 4.59. The Hall–Kier alpha value is -2.30. The van der Waals surface area contributed by atoms with Crippen molar-refractivity contribution >= 4 is 11.5 Å². The van der Waals surface area contributed by atoms with Gasteiger partial charge in [0.15, 0.2) is 0 Å². The fourth-order valence-corrected chi connectivity index (χ4v) is 2.35. The van der Waals surface area contributed by atoms with Gasteiger partial charge in [-0.2, -0.15) is 5.10 Å². The van der Waals surface area contributed by atoms with Crippen LogP contribution in [-0.4, -0.2) is 36.4 Å². The Balaban J connectivity index is 1.66. The highest BCUT2D eigenvalue weighted by atomic mass is 16.1. The summed E-state index contributed by atoms with van der Waals surface area (Å²) in [6.45, 7) is 3.75. The minimum atomic E-state index is -0.160. The summed E-state index contributed by atoms with van der Waals surface area (Å²) in [5, 5.41) is 6.55. The molecule has 0 spiro atoms. The average Bonchev–Trinajstić information content (AvgIpc) is 2.49. The number of H-pyrrole nitrogens is 1. The second kappa shape index (κ2) is 5.14. The summed E-state index contributed by atoms with van der Waals surface area (Å²) in [6, 6.07) is 13.7. The second-order valence-corrected chi connectivity index (χ2v) is 4.59. The number of para-hydroxylation sites is 1. The van der Waals surface area contributed by atoms with Gasteiger partial charge in [0, 0.05) is 37.9 Å². The molecule has 5 nitrogen and oxygen atoms in total. The molecule has 0 saturated carbocycles. The number of piperazine rings is 1. The zero-order chi connectivity index (χ0) is 13.1. The van der Waals surface area contributed by atoms with Gasteiger partial charge in [-0.25, -0.2) is 5.10 Å². The summed E-state index contributed by atoms with van der Waals surface area (Å²) in [6.07, 6.45) is 0. The molecule has 98 valence electrons. The van der Waals surface area contributed by atoms with Crippen LogP contribution in [0.4, 0.5) is 11.5 Å². The van der Waals surface area contributed by atoms with Gasteiger partial charge < -0.3 is 9.80 Å². The molecule has 1 aliphatic heterocycles. The van der Waals surface area contributed by atoms with Gasteiger partial charge in [0.1, 0.15) is 5.82 Å². The Kier molecular flexibility index (Phi) is 3.18. The van der Waals surface area contributed by atoms with Crippen molar-refractivity contribution in [3.8, 4) is 0 Å². The Morgan fingerprint density at radius 1 is 0.895 bits per heavy atom. The van der Waals surface area contributed by atoms with Gasteiger partial charge in [-0.3, -0.25) is 4.79 Å². The van der Waals surface area contributed by atoms with E-state index in [-0.39, 0.29) is 5.56 Å². The molecule has 0 bridgehead atoms. The van der Waals surface area contributed by atoms with Gasteiger partial charge in [-0.1, -0.05) is 18.2 Å². The predicted molar refractivity (Wildman–Crippen MR) is 75.7 cm³/mol. The maximum absolute atomic E-state index is 11.0. The highest BCUT2D eigenvalue weighted by molar-refractivity contribution is 5.48. The average molecular weight is 256 g/mol. The summed E-state index contributed by atoms with van der Waals surface area (Å²) < 4.78 is 0. The van der Waals surface area contributed by atoms with Crippen molar-refractivity contribution in [1.29, 1.82) is 0 Å². The van der Waals surface area contributed by atoms with Crippen molar-refractivity contribution in [1.82, 2.24) is 10.2 Å². The number of aromatic nitrogens is 2. The van der Waals surface area contributed by atoms with Crippen LogP contribution in [-0.2, 0) is 0 Å². The van der Waals surface area contributed by atoms with E-state index in [2.05, 4.69) is 44.3 Å². The number of nitrogens with zero attached hydrogens (tertiary/aromatic N) is 3. The molecule has 1 fully saturated rings. The number of nitrogens with one attached hydrogen (secondary N) is 1. The van der Waals surface area contributed by atoms with Gasteiger partial charge in [-0.15, -0.1) is 0 Å². The van der Waals surface area contributed by atoms with Crippen LogP contribution in [0.2, 0.25) is 0 Å². The molecule has 5 heteroatoms. The standard InChI is InChI=1S/C14H16N4O/c19-14-7-6-13(15-16-14)18-10-8-17(9-11-18)12-4-2-1-3-5-12/h1-7H,8-11H2,(H,16,19). The molecule has 2 aromatic rings. The van der Waals surface area contributed by atoms with E-state index in [9.17, 15) is 4.79 Å². The van der Waals surface area contributed by atoms with Crippen molar-refractivity contribution in [2.75, 3.05) is 36.0 Å². The summed E-state index contributed by atoms with van der Waals surface area (Å²) in [7, 11) is 0. The summed E-state index contributed by atoms with van der Waals surface area (Å²) in [5.74, 6) is 0.840. The van der Waals surface area contributed by atoms with Crippen LogP contribution in [0.3, 0.4) is 0 Å². The highest BCUT2D eigenvalue weighted by Crippen LogP contribution is 2.17. The number of hydrogen-bond acceptors (Lipinski definition) is 4. The fourth-order valence-electron chi connectivity index (χ4n) is 2.35. The predicted octanol–water partition coefficient (Wildman–Crippen LogP) is 1.10. The zero-order valence-electron chi connectivity index (χ0n) is 10.6. The lowest BCUT2D eigenvalue weighted by Gasteiger charge is -2.36. The SMILES string of the molecule is O=c1ccc(N2CCN(c3ccccc3)CC2)n[nH]1. The first-order chi connectivity index (χ1) is 9.33. The normalized spacial score (nSPS) is 15.6. The van der Waals surface area contributed by atoms with Crippen molar-refractivity contribution in [2.45, 2.75) is 0 Å². The third-order valence-electron chi connectivity index (χ3n) is 3.39. The molecule has 1 aromatic heterocycles. The van der Waals surface area contributed by atoms with Crippen LogP contribution in [0.5, 0.6) is 0 Å². The first-order valence-electron chi connectivity index (χ1n) is 6.43. The third-order valence-corrected chi connectivity index (χ3v) is 3.39. The van der Waals surface area contributed by atoms with E-state index in [0.717, 1.165) is 32.0 Å². The molecule has 2 heterocycles. The topological polar surface area (TPSA) is 52.2 Å². The van der Waals surface area contributed by atoms with Gasteiger partial charge >= 0.3 is 0 Å². The van der Waals surface area contributed by atoms with E-state index >= 15 is 0 Å². The lowest BCUT2D eigenvalue weighted by molar-refractivity contribution is 0.643. The molecule has 0 unspecified atom stereocenters. The van der Waals surface area contributed by atoms with E-state index in [1.165, 1.54) is 11.8 Å². The Bertz CT molecular complexity index is 567.